The van der Waals surface area contributed by atoms with Gasteiger partial charge in [-0.1, -0.05) is 30.3 Å². The summed E-state index contributed by atoms with van der Waals surface area (Å²) in [4.78, 5) is 41.4. The van der Waals surface area contributed by atoms with Crippen LogP contribution < -0.4 is 10.6 Å². The van der Waals surface area contributed by atoms with Crippen LogP contribution in [-0.2, 0) is 46.9 Å². The van der Waals surface area contributed by atoms with Crippen molar-refractivity contribution in [3.05, 3.63) is 35.9 Å². The lowest BCUT2D eigenvalue weighted by atomic mass is 9.94. The topological polar surface area (TPSA) is 148 Å². The van der Waals surface area contributed by atoms with Crippen LogP contribution in [-0.4, -0.2) is 103 Å². The quantitative estimate of drug-likeness (QED) is 0.0685. The fourth-order valence-electron chi connectivity index (χ4n) is 4.76. The van der Waals surface area contributed by atoms with Crippen molar-refractivity contribution in [1.29, 1.82) is 0 Å². The normalized spacial score (nSPS) is 13.0. The summed E-state index contributed by atoms with van der Waals surface area (Å²) in [6.45, 7) is 13.7. The molecule has 0 fully saturated rings. The molecule has 0 aliphatic heterocycles. The average Bonchev–Trinajstić information content (AvgIpc) is 2.99. The van der Waals surface area contributed by atoms with Gasteiger partial charge in [-0.15, -0.1) is 0 Å². The molecule has 1 unspecified atom stereocenters. The molecule has 0 aliphatic carbocycles. The van der Waals surface area contributed by atoms with Crippen LogP contribution >= 0.6 is 0 Å². The summed E-state index contributed by atoms with van der Waals surface area (Å²) in [5, 5.41) is 5.38. The van der Waals surface area contributed by atoms with Gasteiger partial charge in [-0.25, -0.2) is 0 Å². The van der Waals surface area contributed by atoms with Crippen LogP contribution in [0.3, 0.4) is 0 Å². The predicted octanol–water partition coefficient (Wildman–Crippen LogP) is 3.10. The van der Waals surface area contributed by atoms with Gasteiger partial charge in [0.2, 0.25) is 5.78 Å². The van der Waals surface area contributed by atoms with E-state index in [-0.39, 0.29) is 18.7 Å². The largest absolute Gasteiger partial charge is 0.500 e. The minimum atomic E-state index is -2.97. The number of benzene rings is 1. The standard InChI is InChI=1S/C29H52N2O10SSi2/c1-8-36-43(37-9-2,38-10-3)23-17-21-30-27(33)29(42(7)35,26(32)25-19-15-14-16-20-25)28(34)31-22-18-24-44(39-11-4,40-12-5)41-13-6/h14-16,19-20H,8-13,17-18,21-24H2,1-7H3,(H,30,33)(H,31,34). The van der Waals surface area contributed by atoms with E-state index in [0.717, 1.165) is 0 Å². The van der Waals surface area contributed by atoms with Crippen molar-refractivity contribution in [3.8, 4) is 0 Å². The average molecular weight is 677 g/mol. The van der Waals surface area contributed by atoms with Crippen molar-refractivity contribution in [3.63, 3.8) is 0 Å². The van der Waals surface area contributed by atoms with E-state index in [0.29, 0.717) is 64.6 Å². The first-order chi connectivity index (χ1) is 21.1. The number of hydrogen-bond donors (Lipinski definition) is 2. The molecule has 1 atom stereocenters. The molecule has 0 aliphatic rings. The molecular formula is C29H52N2O10SSi2. The van der Waals surface area contributed by atoms with Crippen molar-refractivity contribution >= 4 is 46.0 Å². The number of rotatable bonds is 25. The fourth-order valence-corrected chi connectivity index (χ4v) is 11.0. The Bertz CT molecular complexity index is 955. The first-order valence-corrected chi connectivity index (χ1v) is 20.8. The highest BCUT2D eigenvalue weighted by Crippen LogP contribution is 2.24. The fraction of sp³-hybridized carbons (Fsp3) is 0.690. The van der Waals surface area contributed by atoms with Crippen LogP contribution in [0.25, 0.3) is 0 Å². The van der Waals surface area contributed by atoms with Gasteiger partial charge in [-0.2, -0.15) is 0 Å². The third-order valence-corrected chi connectivity index (χ3v) is 14.2. The zero-order valence-electron chi connectivity index (χ0n) is 27.4. The van der Waals surface area contributed by atoms with Crippen LogP contribution in [0, 0.1) is 0 Å². The van der Waals surface area contributed by atoms with Crippen molar-refractivity contribution in [1.82, 2.24) is 10.6 Å². The second kappa shape index (κ2) is 21.1. The van der Waals surface area contributed by atoms with Gasteiger partial charge in [0.05, 0.1) is 10.8 Å². The van der Waals surface area contributed by atoms with E-state index in [9.17, 15) is 18.6 Å². The molecule has 44 heavy (non-hydrogen) atoms. The third-order valence-electron chi connectivity index (χ3n) is 6.50. The Morgan fingerprint density at radius 3 is 1.30 bits per heavy atom. The number of Topliss-reactive ketones (excluding diaryl/α,β-unsaturated/α-hetero) is 1. The number of amides is 2. The van der Waals surface area contributed by atoms with Crippen LogP contribution in [0.1, 0.15) is 64.7 Å². The Hall–Kier alpha value is -1.83. The maximum Gasteiger partial charge on any atom is 0.500 e. The highest BCUT2D eigenvalue weighted by molar-refractivity contribution is 7.88. The van der Waals surface area contributed by atoms with Gasteiger partial charge in [0.1, 0.15) is 0 Å². The molecule has 12 nitrogen and oxygen atoms in total. The summed E-state index contributed by atoms with van der Waals surface area (Å²) in [7, 11) is -8.16. The van der Waals surface area contributed by atoms with Gasteiger partial charge in [-0.3, -0.25) is 18.6 Å². The Kier molecular flexibility index (Phi) is 19.2. The van der Waals surface area contributed by atoms with E-state index in [1.54, 1.807) is 18.2 Å². The first kappa shape index (κ1) is 40.2. The number of nitrogens with one attached hydrogen (secondary N) is 2. The van der Waals surface area contributed by atoms with Crippen molar-refractivity contribution in [2.45, 2.75) is 71.2 Å². The summed E-state index contributed by atoms with van der Waals surface area (Å²) in [5.74, 6) is -2.73. The maximum atomic E-state index is 13.9. The number of hydrogen-bond acceptors (Lipinski definition) is 10. The number of ketones is 1. The van der Waals surface area contributed by atoms with Crippen LogP contribution in [0.5, 0.6) is 0 Å². The number of carbonyl (C=O) groups is 3. The zero-order valence-corrected chi connectivity index (χ0v) is 30.2. The van der Waals surface area contributed by atoms with Crippen LogP contribution in [0.15, 0.2) is 30.3 Å². The lowest BCUT2D eigenvalue weighted by Gasteiger charge is -2.30. The van der Waals surface area contributed by atoms with Gasteiger partial charge in [0.15, 0.2) is 0 Å². The summed E-state index contributed by atoms with van der Waals surface area (Å²) in [6.07, 6.45) is 1.98. The van der Waals surface area contributed by atoms with E-state index in [2.05, 4.69) is 10.6 Å². The second-order valence-electron chi connectivity index (χ2n) is 9.51. The number of carbonyl (C=O) groups excluding carboxylic acids is 3. The monoisotopic (exact) mass is 676 g/mol. The van der Waals surface area contributed by atoms with E-state index >= 15 is 0 Å². The minimum Gasteiger partial charge on any atom is -0.374 e. The Morgan fingerprint density at radius 2 is 1.00 bits per heavy atom. The summed E-state index contributed by atoms with van der Waals surface area (Å²) in [6, 6.07) is 8.74. The molecule has 0 aromatic heterocycles. The molecule has 2 amide bonds. The smallest absolute Gasteiger partial charge is 0.374 e. The molecule has 0 radical (unpaired) electrons. The third kappa shape index (κ3) is 11.2. The van der Waals surface area contributed by atoms with Gasteiger partial charge < -0.3 is 37.2 Å². The zero-order chi connectivity index (χ0) is 33.1. The van der Waals surface area contributed by atoms with Crippen molar-refractivity contribution < 1.29 is 45.1 Å². The highest BCUT2D eigenvalue weighted by Gasteiger charge is 2.57. The molecule has 1 aromatic carbocycles. The van der Waals surface area contributed by atoms with E-state index in [4.69, 9.17) is 26.6 Å². The molecule has 0 saturated heterocycles. The molecular weight excluding hydrogens is 625 g/mol. The van der Waals surface area contributed by atoms with Crippen molar-refractivity contribution in [2.75, 3.05) is 59.0 Å². The predicted molar refractivity (Wildman–Crippen MR) is 174 cm³/mol. The minimum absolute atomic E-state index is 0.0836. The van der Waals surface area contributed by atoms with Crippen LogP contribution in [0.4, 0.5) is 0 Å². The lowest BCUT2D eigenvalue weighted by Crippen LogP contribution is -2.64. The summed E-state index contributed by atoms with van der Waals surface area (Å²) < 4.78 is 46.0. The molecule has 1 aromatic rings. The maximum absolute atomic E-state index is 13.9. The molecule has 0 bridgehead atoms. The van der Waals surface area contributed by atoms with Gasteiger partial charge in [0, 0.05) is 76.6 Å². The van der Waals surface area contributed by atoms with E-state index < -0.39 is 50.8 Å². The lowest BCUT2D eigenvalue weighted by molar-refractivity contribution is -0.131. The molecule has 252 valence electrons. The molecule has 0 heterocycles. The van der Waals surface area contributed by atoms with E-state index in [1.807, 2.05) is 41.5 Å². The molecule has 0 saturated carbocycles. The van der Waals surface area contributed by atoms with E-state index in [1.165, 1.54) is 18.4 Å². The Morgan fingerprint density at radius 1 is 0.659 bits per heavy atom. The van der Waals surface area contributed by atoms with Gasteiger partial charge in [-0.05, 0) is 54.4 Å². The molecule has 15 heteroatoms. The second-order valence-corrected chi connectivity index (χ2v) is 16.5. The highest BCUT2D eigenvalue weighted by atomic mass is 32.2. The van der Waals surface area contributed by atoms with Gasteiger partial charge in [0.25, 0.3) is 16.6 Å². The first-order valence-electron chi connectivity index (χ1n) is 15.4. The molecule has 2 N–H and O–H groups in total. The molecule has 0 spiro atoms. The SMILES string of the molecule is CCO[Si](CCCNC(=O)C(C(=O)NCCC[Si](OCC)(OCC)OCC)(C(=O)c1ccccc1)S(C)=O)(OCC)OCC. The molecule has 1 rings (SSSR count). The summed E-state index contributed by atoms with van der Waals surface area (Å²) >= 11 is 0. The summed E-state index contributed by atoms with van der Waals surface area (Å²) in [5.41, 5.74) is 0.0962. The Balaban J connectivity index is 3.20. The van der Waals surface area contributed by atoms with Crippen molar-refractivity contribution in [2.24, 2.45) is 0 Å². The van der Waals surface area contributed by atoms with Crippen LogP contribution in [0.2, 0.25) is 12.1 Å². The van der Waals surface area contributed by atoms with Gasteiger partial charge >= 0.3 is 17.6 Å². The Labute approximate surface area is 267 Å².